The molecule has 0 aliphatic heterocycles. The third-order valence-electron chi connectivity index (χ3n) is 4.21. The lowest BCUT2D eigenvalue weighted by atomic mass is 9.95. The van der Waals surface area contributed by atoms with Crippen molar-refractivity contribution < 1.29 is 23.9 Å². The molecule has 8 nitrogen and oxygen atoms in total. The molecule has 1 fully saturated rings. The van der Waals surface area contributed by atoms with Gasteiger partial charge in [-0.1, -0.05) is 19.3 Å². The van der Waals surface area contributed by atoms with E-state index in [1.807, 2.05) is 0 Å². The second-order valence-electron chi connectivity index (χ2n) is 5.93. The van der Waals surface area contributed by atoms with Crippen LogP contribution in [0.15, 0.2) is 12.1 Å². The third kappa shape index (κ3) is 5.06. The maximum absolute atomic E-state index is 12.5. The van der Waals surface area contributed by atoms with Gasteiger partial charge < -0.3 is 19.5 Å². The van der Waals surface area contributed by atoms with Gasteiger partial charge in [0.15, 0.2) is 11.5 Å². The minimum absolute atomic E-state index is 0.0217. The fourth-order valence-electron chi connectivity index (χ4n) is 2.90. The molecule has 0 bridgehead atoms. The molecule has 0 atom stereocenters. The summed E-state index contributed by atoms with van der Waals surface area (Å²) in [6, 6.07) is 2.65. The predicted octanol–water partition coefficient (Wildman–Crippen LogP) is 2.69. The number of carbonyl (C=O) groups excluding carboxylic acids is 1. The van der Waals surface area contributed by atoms with Gasteiger partial charge in [-0.25, -0.2) is 0 Å². The Morgan fingerprint density at radius 3 is 2.52 bits per heavy atom. The second kappa shape index (κ2) is 9.22. The van der Waals surface area contributed by atoms with Gasteiger partial charge in [-0.3, -0.25) is 14.9 Å². The summed E-state index contributed by atoms with van der Waals surface area (Å²) in [7, 11) is 2.95. The lowest BCUT2D eigenvalue weighted by Gasteiger charge is -2.23. The molecule has 0 saturated heterocycles. The molecule has 1 N–H and O–H groups in total. The van der Waals surface area contributed by atoms with Crippen LogP contribution in [0.4, 0.5) is 5.69 Å². The summed E-state index contributed by atoms with van der Waals surface area (Å²) in [6.45, 7) is 0.554. The van der Waals surface area contributed by atoms with Gasteiger partial charge in [0.2, 0.25) is 0 Å². The first-order valence-electron chi connectivity index (χ1n) is 8.35. The number of ether oxygens (including phenoxy) is 3. The van der Waals surface area contributed by atoms with Gasteiger partial charge in [-0.2, -0.15) is 0 Å². The molecule has 1 aromatic carbocycles. The van der Waals surface area contributed by atoms with Crippen LogP contribution >= 0.6 is 0 Å². The van der Waals surface area contributed by atoms with Crippen molar-refractivity contribution in [2.24, 2.45) is 0 Å². The quantitative estimate of drug-likeness (QED) is 0.439. The van der Waals surface area contributed by atoms with Crippen LogP contribution in [0, 0.1) is 10.1 Å². The number of nitrogens with one attached hydrogen (secondary N) is 1. The molecule has 0 radical (unpaired) electrons. The van der Waals surface area contributed by atoms with Crippen LogP contribution in [-0.2, 0) is 4.74 Å². The number of carbonyl (C=O) groups is 1. The molecule has 1 aromatic rings. The lowest BCUT2D eigenvalue weighted by Crippen LogP contribution is -2.36. The van der Waals surface area contributed by atoms with Crippen LogP contribution in [-0.4, -0.2) is 44.3 Å². The topological polar surface area (TPSA) is 99.9 Å². The number of methoxy groups -OCH3 is 2. The maximum atomic E-state index is 12.5. The summed E-state index contributed by atoms with van der Waals surface area (Å²) in [5.41, 5.74) is -0.326. The molecule has 1 aliphatic carbocycles. The van der Waals surface area contributed by atoms with E-state index in [4.69, 9.17) is 14.2 Å². The van der Waals surface area contributed by atoms with Crippen molar-refractivity contribution >= 4 is 11.6 Å². The predicted molar refractivity (Wildman–Crippen MR) is 91.4 cm³/mol. The van der Waals surface area contributed by atoms with Gasteiger partial charge in [-0.15, -0.1) is 0 Å². The van der Waals surface area contributed by atoms with Crippen molar-refractivity contribution in [3.8, 4) is 11.5 Å². The Morgan fingerprint density at radius 2 is 1.92 bits per heavy atom. The SMILES string of the molecule is COCCOc1cc([N+](=O)[O-])c(C(=O)NC2CCCCC2)cc1OC. The Balaban J connectivity index is 2.25. The van der Waals surface area contributed by atoms with Crippen molar-refractivity contribution in [2.75, 3.05) is 27.4 Å². The Labute approximate surface area is 146 Å². The lowest BCUT2D eigenvalue weighted by molar-refractivity contribution is -0.385. The van der Waals surface area contributed by atoms with Gasteiger partial charge in [0.1, 0.15) is 12.2 Å². The van der Waals surface area contributed by atoms with Crippen LogP contribution < -0.4 is 14.8 Å². The van der Waals surface area contributed by atoms with Crippen molar-refractivity contribution in [1.82, 2.24) is 5.32 Å². The summed E-state index contributed by atoms with van der Waals surface area (Å²) in [4.78, 5) is 23.4. The molecule has 0 unspecified atom stereocenters. The Hall–Kier alpha value is -2.35. The van der Waals surface area contributed by atoms with Crippen molar-refractivity contribution in [3.05, 3.63) is 27.8 Å². The summed E-state index contributed by atoms with van der Waals surface area (Å²) >= 11 is 0. The Kier molecular flexibility index (Phi) is 7.00. The minimum Gasteiger partial charge on any atom is -0.493 e. The number of nitro groups is 1. The van der Waals surface area contributed by atoms with E-state index in [0.29, 0.717) is 6.61 Å². The minimum atomic E-state index is -0.585. The number of hydrogen-bond acceptors (Lipinski definition) is 6. The van der Waals surface area contributed by atoms with Crippen LogP contribution in [0.2, 0.25) is 0 Å². The highest BCUT2D eigenvalue weighted by Gasteiger charge is 2.26. The van der Waals surface area contributed by atoms with Gasteiger partial charge in [0.05, 0.1) is 24.7 Å². The van der Waals surface area contributed by atoms with E-state index in [-0.39, 0.29) is 35.4 Å². The maximum Gasteiger partial charge on any atom is 0.286 e. The molecule has 1 amide bonds. The number of benzene rings is 1. The van der Waals surface area contributed by atoms with Crippen molar-refractivity contribution in [2.45, 2.75) is 38.1 Å². The average Bonchev–Trinajstić information content (AvgIpc) is 2.62. The van der Waals surface area contributed by atoms with E-state index in [0.717, 1.165) is 32.1 Å². The molecular formula is C17H24N2O6. The fraction of sp³-hybridized carbons (Fsp3) is 0.588. The Morgan fingerprint density at radius 1 is 1.20 bits per heavy atom. The Bertz CT molecular complexity index is 613. The number of nitrogens with zero attached hydrogens (tertiary/aromatic N) is 1. The normalized spacial score (nSPS) is 14.8. The number of nitro benzene ring substituents is 1. The zero-order valence-electron chi connectivity index (χ0n) is 14.6. The molecule has 2 rings (SSSR count). The largest absolute Gasteiger partial charge is 0.493 e. The smallest absolute Gasteiger partial charge is 0.286 e. The molecule has 0 spiro atoms. The summed E-state index contributed by atoms with van der Waals surface area (Å²) < 4.78 is 15.6. The molecule has 1 saturated carbocycles. The van der Waals surface area contributed by atoms with E-state index < -0.39 is 10.8 Å². The fourth-order valence-corrected chi connectivity index (χ4v) is 2.90. The van der Waals surface area contributed by atoms with Crippen molar-refractivity contribution in [3.63, 3.8) is 0 Å². The van der Waals surface area contributed by atoms with E-state index in [1.54, 1.807) is 0 Å². The van der Waals surface area contributed by atoms with E-state index >= 15 is 0 Å². The van der Waals surface area contributed by atoms with Gasteiger partial charge in [0.25, 0.3) is 11.6 Å². The number of hydrogen-bond donors (Lipinski definition) is 1. The van der Waals surface area contributed by atoms with Gasteiger partial charge in [0, 0.05) is 19.2 Å². The highest BCUT2D eigenvalue weighted by atomic mass is 16.6. The zero-order valence-corrected chi connectivity index (χ0v) is 14.6. The van der Waals surface area contributed by atoms with E-state index in [1.165, 1.54) is 26.4 Å². The first-order valence-corrected chi connectivity index (χ1v) is 8.35. The first kappa shape index (κ1) is 19.0. The first-order chi connectivity index (χ1) is 12.1. The van der Waals surface area contributed by atoms with Crippen LogP contribution in [0.3, 0.4) is 0 Å². The molecule has 1 aliphatic rings. The highest BCUT2D eigenvalue weighted by Crippen LogP contribution is 2.35. The van der Waals surface area contributed by atoms with Crippen LogP contribution in [0.1, 0.15) is 42.5 Å². The third-order valence-corrected chi connectivity index (χ3v) is 4.21. The summed E-state index contributed by atoms with van der Waals surface area (Å²) in [5.74, 6) is 0.0244. The van der Waals surface area contributed by atoms with Gasteiger partial charge >= 0.3 is 0 Å². The molecule has 0 heterocycles. The summed E-state index contributed by atoms with van der Waals surface area (Å²) in [6.07, 6.45) is 5.07. The second-order valence-corrected chi connectivity index (χ2v) is 5.93. The zero-order chi connectivity index (χ0) is 18.2. The number of rotatable bonds is 8. The van der Waals surface area contributed by atoms with Crippen LogP contribution in [0.25, 0.3) is 0 Å². The monoisotopic (exact) mass is 352 g/mol. The molecule has 25 heavy (non-hydrogen) atoms. The highest BCUT2D eigenvalue weighted by molar-refractivity contribution is 5.99. The van der Waals surface area contributed by atoms with E-state index in [2.05, 4.69) is 5.32 Å². The summed E-state index contributed by atoms with van der Waals surface area (Å²) in [5, 5.41) is 14.3. The molecule has 0 aromatic heterocycles. The van der Waals surface area contributed by atoms with Crippen molar-refractivity contribution in [1.29, 1.82) is 0 Å². The molecule has 8 heteroatoms. The van der Waals surface area contributed by atoms with Crippen LogP contribution in [0.5, 0.6) is 11.5 Å². The van der Waals surface area contributed by atoms with E-state index in [9.17, 15) is 14.9 Å². The average molecular weight is 352 g/mol. The molecular weight excluding hydrogens is 328 g/mol. The standard InChI is InChI=1S/C17H24N2O6/c1-23-8-9-25-16-11-14(19(21)22)13(10-15(16)24-2)17(20)18-12-6-4-3-5-7-12/h10-12H,3-9H2,1-2H3,(H,18,20). The number of amides is 1. The molecule has 138 valence electrons. The van der Waals surface area contributed by atoms with Gasteiger partial charge in [-0.05, 0) is 12.8 Å².